The molecule has 0 saturated heterocycles. The van der Waals surface area contributed by atoms with Gasteiger partial charge >= 0.3 is 5.97 Å². The maximum atomic E-state index is 12.7. The molecule has 1 rings (SSSR count). The molecule has 1 aliphatic carbocycles. The topological polar surface area (TPSA) is 76.2 Å². The van der Waals surface area contributed by atoms with Crippen LogP contribution in [-0.4, -0.2) is 23.8 Å². The number of carbonyl (C=O) groups excluding carboxylic acids is 1. The number of rotatable bonds is 3. The van der Waals surface area contributed by atoms with E-state index >= 15 is 0 Å². The number of ether oxygens (including phenoxy) is 1. The molecular weight excluding hydrogens is 206 g/mol. The van der Waals surface area contributed by atoms with Crippen molar-refractivity contribution >= 4 is 11.8 Å². The minimum absolute atomic E-state index is 0.177. The predicted molar refractivity (Wildman–Crippen MR) is 49.8 cm³/mol. The molecule has 86 valence electrons. The van der Waals surface area contributed by atoms with Gasteiger partial charge in [0.05, 0.1) is 0 Å². The van der Waals surface area contributed by atoms with Gasteiger partial charge in [-0.25, -0.2) is 8.78 Å². The number of hydrogen-bond acceptors (Lipinski definition) is 3. The van der Waals surface area contributed by atoms with Gasteiger partial charge in [0, 0.05) is 12.8 Å². The Balaban J connectivity index is 2.29. The van der Waals surface area contributed by atoms with Crippen LogP contribution in [0.15, 0.2) is 0 Å². The summed E-state index contributed by atoms with van der Waals surface area (Å²) in [4.78, 5) is 11.1. The fourth-order valence-electron chi connectivity index (χ4n) is 1.51. The van der Waals surface area contributed by atoms with Crippen LogP contribution < -0.4 is 5.73 Å². The summed E-state index contributed by atoms with van der Waals surface area (Å²) in [5.41, 5.74) is 5.00. The Labute approximate surface area is 86.3 Å². The van der Waals surface area contributed by atoms with Crippen molar-refractivity contribution in [3.63, 3.8) is 0 Å². The van der Waals surface area contributed by atoms with Crippen LogP contribution in [0.1, 0.15) is 32.1 Å². The Morgan fingerprint density at radius 1 is 1.47 bits per heavy atom. The molecule has 0 aliphatic heterocycles. The van der Waals surface area contributed by atoms with E-state index in [0.29, 0.717) is 0 Å². The number of esters is 1. The molecule has 1 saturated carbocycles. The van der Waals surface area contributed by atoms with Crippen molar-refractivity contribution in [2.45, 2.75) is 44.1 Å². The lowest BCUT2D eigenvalue weighted by Crippen LogP contribution is -2.31. The fraction of sp³-hybridized carbons (Fsp3) is 0.778. The van der Waals surface area contributed by atoms with E-state index in [1.165, 1.54) is 0 Å². The molecule has 0 heterocycles. The molecule has 0 bridgehead atoms. The predicted octanol–water partition coefficient (Wildman–Crippen LogP) is 1.43. The third kappa shape index (κ3) is 4.22. The first-order valence-corrected chi connectivity index (χ1v) is 4.79. The second-order valence-corrected chi connectivity index (χ2v) is 3.75. The minimum atomic E-state index is -2.62. The Kier molecular flexibility index (Phi) is 3.60. The highest BCUT2D eigenvalue weighted by Crippen LogP contribution is 2.34. The van der Waals surface area contributed by atoms with Gasteiger partial charge in [-0.1, -0.05) is 0 Å². The van der Waals surface area contributed by atoms with Gasteiger partial charge in [-0.3, -0.25) is 10.2 Å². The van der Waals surface area contributed by atoms with Gasteiger partial charge in [-0.2, -0.15) is 0 Å². The summed E-state index contributed by atoms with van der Waals surface area (Å²) >= 11 is 0. The second kappa shape index (κ2) is 4.55. The highest BCUT2D eigenvalue weighted by molar-refractivity contribution is 5.94. The molecule has 1 aliphatic rings. The first kappa shape index (κ1) is 11.9. The van der Waals surface area contributed by atoms with Gasteiger partial charge in [0.25, 0.3) is 0 Å². The van der Waals surface area contributed by atoms with E-state index in [1.807, 2.05) is 0 Å². The molecule has 0 aromatic carbocycles. The van der Waals surface area contributed by atoms with E-state index in [9.17, 15) is 13.6 Å². The first-order valence-electron chi connectivity index (χ1n) is 4.79. The van der Waals surface area contributed by atoms with Crippen LogP contribution in [0, 0.1) is 5.41 Å². The largest absolute Gasteiger partial charge is 0.462 e. The Hall–Kier alpha value is -1.20. The smallest absolute Gasteiger partial charge is 0.313 e. The van der Waals surface area contributed by atoms with Gasteiger partial charge < -0.3 is 10.5 Å². The molecule has 1 fully saturated rings. The fourth-order valence-corrected chi connectivity index (χ4v) is 1.51. The number of nitrogens with one attached hydrogen (secondary N) is 1. The van der Waals surface area contributed by atoms with E-state index in [4.69, 9.17) is 15.9 Å². The SMILES string of the molecule is N=C(N)CC(=O)OC1CCC(F)(F)CC1. The zero-order chi connectivity index (χ0) is 11.5. The summed E-state index contributed by atoms with van der Waals surface area (Å²) in [6.45, 7) is 0. The number of carbonyl (C=O) groups is 1. The number of hydrogen-bond donors (Lipinski definition) is 2. The maximum Gasteiger partial charge on any atom is 0.313 e. The summed E-state index contributed by atoms with van der Waals surface area (Å²) in [6, 6.07) is 0. The highest BCUT2D eigenvalue weighted by atomic mass is 19.3. The first-order chi connectivity index (χ1) is 6.89. The van der Waals surface area contributed by atoms with Gasteiger partial charge in [-0.05, 0) is 12.8 Å². The maximum absolute atomic E-state index is 12.7. The average Bonchev–Trinajstić information content (AvgIpc) is 2.07. The van der Waals surface area contributed by atoms with Crippen LogP contribution in [0.5, 0.6) is 0 Å². The molecule has 4 nitrogen and oxygen atoms in total. The monoisotopic (exact) mass is 220 g/mol. The lowest BCUT2D eigenvalue weighted by atomic mass is 9.94. The van der Waals surface area contributed by atoms with Crippen molar-refractivity contribution in [2.75, 3.05) is 0 Å². The van der Waals surface area contributed by atoms with Crippen molar-refractivity contribution in [1.82, 2.24) is 0 Å². The molecule has 15 heavy (non-hydrogen) atoms. The van der Waals surface area contributed by atoms with Crippen molar-refractivity contribution < 1.29 is 18.3 Å². The normalized spacial score (nSPS) is 20.9. The van der Waals surface area contributed by atoms with Crippen LogP contribution in [0.3, 0.4) is 0 Å². The van der Waals surface area contributed by atoms with E-state index in [-0.39, 0.29) is 37.9 Å². The molecule has 0 spiro atoms. The van der Waals surface area contributed by atoms with E-state index in [0.717, 1.165) is 0 Å². The van der Waals surface area contributed by atoms with Gasteiger partial charge in [0.15, 0.2) is 0 Å². The van der Waals surface area contributed by atoms with Crippen molar-refractivity contribution in [1.29, 1.82) is 5.41 Å². The van der Waals surface area contributed by atoms with Crippen LogP contribution in [0.2, 0.25) is 0 Å². The number of nitrogens with two attached hydrogens (primary N) is 1. The van der Waals surface area contributed by atoms with E-state index in [1.54, 1.807) is 0 Å². The Morgan fingerprint density at radius 3 is 2.47 bits per heavy atom. The van der Waals surface area contributed by atoms with Crippen molar-refractivity contribution in [3.05, 3.63) is 0 Å². The van der Waals surface area contributed by atoms with Crippen molar-refractivity contribution in [2.24, 2.45) is 5.73 Å². The summed E-state index contributed by atoms with van der Waals surface area (Å²) in [7, 11) is 0. The molecule has 0 unspecified atom stereocenters. The summed E-state index contributed by atoms with van der Waals surface area (Å²) in [5, 5.41) is 6.86. The lowest BCUT2D eigenvalue weighted by Gasteiger charge is -2.27. The van der Waals surface area contributed by atoms with Crippen LogP contribution in [0.4, 0.5) is 8.78 Å². The van der Waals surface area contributed by atoms with Crippen LogP contribution in [0.25, 0.3) is 0 Å². The molecule has 0 atom stereocenters. The Morgan fingerprint density at radius 2 is 2.00 bits per heavy atom. The molecule has 0 aromatic heterocycles. The summed E-state index contributed by atoms with van der Waals surface area (Å²) in [6.07, 6.45) is -0.854. The molecular formula is C9H14F2N2O2. The molecule has 6 heteroatoms. The zero-order valence-electron chi connectivity index (χ0n) is 8.26. The number of amidine groups is 1. The third-order valence-corrected chi connectivity index (χ3v) is 2.30. The summed E-state index contributed by atoms with van der Waals surface area (Å²) < 4.78 is 30.4. The highest BCUT2D eigenvalue weighted by Gasteiger charge is 2.36. The Bertz CT molecular complexity index is 259. The van der Waals surface area contributed by atoms with Gasteiger partial charge in [0.1, 0.15) is 18.4 Å². The quantitative estimate of drug-likeness (QED) is 0.429. The lowest BCUT2D eigenvalue weighted by molar-refractivity contribution is -0.153. The van der Waals surface area contributed by atoms with Crippen LogP contribution in [-0.2, 0) is 9.53 Å². The van der Waals surface area contributed by atoms with Crippen molar-refractivity contribution in [3.8, 4) is 0 Å². The number of alkyl halides is 2. The number of halogens is 2. The second-order valence-electron chi connectivity index (χ2n) is 3.75. The van der Waals surface area contributed by atoms with E-state index < -0.39 is 18.0 Å². The van der Waals surface area contributed by atoms with Crippen LogP contribution >= 0.6 is 0 Å². The zero-order valence-corrected chi connectivity index (χ0v) is 8.26. The standard InChI is InChI=1S/C9H14F2N2O2/c10-9(11)3-1-6(2-4-9)15-8(14)5-7(12)13/h6H,1-5H2,(H3,12,13). The minimum Gasteiger partial charge on any atom is -0.462 e. The molecule has 0 aromatic rings. The van der Waals surface area contributed by atoms with E-state index in [2.05, 4.69) is 0 Å². The molecule has 3 N–H and O–H groups in total. The molecule has 0 radical (unpaired) electrons. The average molecular weight is 220 g/mol. The molecule has 0 amide bonds. The van der Waals surface area contributed by atoms with Gasteiger partial charge in [0.2, 0.25) is 5.92 Å². The summed E-state index contributed by atoms with van der Waals surface area (Å²) in [5.74, 6) is -3.51. The van der Waals surface area contributed by atoms with Gasteiger partial charge in [-0.15, -0.1) is 0 Å². The third-order valence-electron chi connectivity index (χ3n) is 2.30.